The van der Waals surface area contributed by atoms with Gasteiger partial charge in [0.1, 0.15) is 11.4 Å². The molecule has 26 heavy (non-hydrogen) atoms. The van der Waals surface area contributed by atoms with Crippen molar-refractivity contribution in [2.24, 2.45) is 0 Å². The van der Waals surface area contributed by atoms with Gasteiger partial charge in [-0.1, -0.05) is 6.07 Å². The molecular formula is C19H27FN2O4. The van der Waals surface area contributed by atoms with Crippen molar-refractivity contribution in [3.63, 3.8) is 0 Å². The summed E-state index contributed by atoms with van der Waals surface area (Å²) in [5.74, 6) is -0.866. The highest BCUT2D eigenvalue weighted by atomic mass is 19.1. The van der Waals surface area contributed by atoms with Crippen molar-refractivity contribution < 1.29 is 23.5 Å². The van der Waals surface area contributed by atoms with Crippen molar-refractivity contribution in [1.29, 1.82) is 0 Å². The highest BCUT2D eigenvalue weighted by Crippen LogP contribution is 2.21. The second kappa shape index (κ2) is 8.38. The monoisotopic (exact) mass is 366 g/mol. The lowest BCUT2D eigenvalue weighted by molar-refractivity contribution is -0.142. The molecule has 0 N–H and O–H groups in total. The van der Waals surface area contributed by atoms with Crippen molar-refractivity contribution in [2.75, 3.05) is 37.7 Å². The Labute approximate surface area is 153 Å². The predicted molar refractivity (Wildman–Crippen MR) is 96.8 cm³/mol. The van der Waals surface area contributed by atoms with Crippen LogP contribution in [-0.4, -0.2) is 55.3 Å². The summed E-state index contributed by atoms with van der Waals surface area (Å²) >= 11 is 0. The number of rotatable bonds is 4. The van der Waals surface area contributed by atoms with Gasteiger partial charge in [-0.2, -0.15) is 0 Å². The lowest BCUT2D eigenvalue weighted by atomic mass is 10.1. The summed E-state index contributed by atoms with van der Waals surface area (Å²) in [5, 5.41) is 0. The van der Waals surface area contributed by atoms with E-state index in [4.69, 9.17) is 9.47 Å². The molecule has 144 valence electrons. The van der Waals surface area contributed by atoms with E-state index in [1.54, 1.807) is 24.0 Å². The molecule has 0 aromatic heterocycles. The molecule has 0 aliphatic carbocycles. The number of nitrogens with zero attached hydrogens (tertiary/aromatic N) is 2. The van der Waals surface area contributed by atoms with Crippen LogP contribution in [-0.2, 0) is 20.7 Å². The van der Waals surface area contributed by atoms with Gasteiger partial charge in [0, 0.05) is 31.9 Å². The Morgan fingerprint density at radius 1 is 1.15 bits per heavy atom. The fraction of sp³-hybridized carbons (Fsp3) is 0.579. The molecule has 0 bridgehead atoms. The zero-order chi connectivity index (χ0) is 19.3. The van der Waals surface area contributed by atoms with Crippen LogP contribution in [0.25, 0.3) is 0 Å². The minimum atomic E-state index is -0.522. The van der Waals surface area contributed by atoms with Gasteiger partial charge in [-0.3, -0.25) is 4.79 Å². The van der Waals surface area contributed by atoms with E-state index < -0.39 is 17.4 Å². The van der Waals surface area contributed by atoms with Crippen LogP contribution in [0.3, 0.4) is 0 Å². The van der Waals surface area contributed by atoms with Crippen LogP contribution in [0.15, 0.2) is 18.2 Å². The van der Waals surface area contributed by atoms with Crippen LogP contribution in [0.5, 0.6) is 0 Å². The number of halogens is 1. The van der Waals surface area contributed by atoms with Crippen molar-refractivity contribution in [2.45, 2.75) is 39.7 Å². The third kappa shape index (κ3) is 5.61. The van der Waals surface area contributed by atoms with Crippen LogP contribution in [0.1, 0.15) is 33.3 Å². The van der Waals surface area contributed by atoms with Crippen LogP contribution < -0.4 is 4.90 Å². The molecule has 1 aromatic rings. The first-order valence-corrected chi connectivity index (χ1v) is 8.86. The van der Waals surface area contributed by atoms with Gasteiger partial charge in [0.15, 0.2) is 0 Å². The molecule has 7 heteroatoms. The average Bonchev–Trinajstić information content (AvgIpc) is 2.55. The van der Waals surface area contributed by atoms with Gasteiger partial charge in [-0.05, 0) is 45.4 Å². The summed E-state index contributed by atoms with van der Waals surface area (Å²) in [6.07, 6.45) is -0.403. The van der Waals surface area contributed by atoms with E-state index in [2.05, 4.69) is 0 Å². The second-order valence-corrected chi connectivity index (χ2v) is 7.21. The van der Waals surface area contributed by atoms with Crippen molar-refractivity contribution in [3.05, 3.63) is 29.6 Å². The molecule has 2 rings (SSSR count). The van der Waals surface area contributed by atoms with Gasteiger partial charge < -0.3 is 19.3 Å². The average molecular weight is 366 g/mol. The molecular weight excluding hydrogens is 339 g/mol. The lowest BCUT2D eigenvalue weighted by Crippen LogP contribution is -2.50. The fourth-order valence-corrected chi connectivity index (χ4v) is 2.72. The van der Waals surface area contributed by atoms with Gasteiger partial charge in [0.25, 0.3) is 0 Å². The minimum absolute atomic E-state index is 0.0770. The van der Waals surface area contributed by atoms with E-state index in [0.29, 0.717) is 31.7 Å². The molecule has 6 nitrogen and oxygen atoms in total. The number of esters is 1. The largest absolute Gasteiger partial charge is 0.466 e. The molecule has 1 aliphatic rings. The molecule has 0 spiro atoms. The summed E-state index contributed by atoms with van der Waals surface area (Å²) in [6, 6.07) is 4.83. The number of carbonyl (C=O) groups excluding carboxylic acids is 2. The summed E-state index contributed by atoms with van der Waals surface area (Å²) in [4.78, 5) is 27.3. The highest BCUT2D eigenvalue weighted by molar-refractivity contribution is 5.73. The van der Waals surface area contributed by atoms with Gasteiger partial charge in [0.2, 0.25) is 0 Å². The Balaban J connectivity index is 1.94. The molecule has 1 aromatic carbocycles. The SMILES string of the molecule is CCOC(=O)Cc1ccc(N2CCN(C(=O)OC(C)(C)C)CC2)cc1F. The van der Waals surface area contributed by atoms with Crippen LogP contribution in [0, 0.1) is 5.82 Å². The third-order valence-electron chi connectivity index (χ3n) is 3.97. The van der Waals surface area contributed by atoms with Crippen molar-refractivity contribution >= 4 is 17.7 Å². The summed E-state index contributed by atoms with van der Waals surface area (Å²) < 4.78 is 24.5. The molecule has 1 aliphatic heterocycles. The molecule has 1 heterocycles. The Hall–Kier alpha value is -2.31. The second-order valence-electron chi connectivity index (χ2n) is 7.21. The first-order valence-electron chi connectivity index (χ1n) is 8.86. The van der Waals surface area contributed by atoms with E-state index in [9.17, 15) is 14.0 Å². The Morgan fingerprint density at radius 2 is 1.81 bits per heavy atom. The zero-order valence-corrected chi connectivity index (χ0v) is 15.9. The van der Waals surface area contributed by atoms with Crippen molar-refractivity contribution in [1.82, 2.24) is 4.90 Å². The molecule has 1 fully saturated rings. The zero-order valence-electron chi connectivity index (χ0n) is 15.9. The smallest absolute Gasteiger partial charge is 0.410 e. The first kappa shape index (κ1) is 20.0. The summed E-state index contributed by atoms with van der Waals surface area (Å²) in [7, 11) is 0. The highest BCUT2D eigenvalue weighted by Gasteiger charge is 2.26. The van der Waals surface area contributed by atoms with Gasteiger partial charge in [-0.25, -0.2) is 9.18 Å². The van der Waals surface area contributed by atoms with Crippen LogP contribution >= 0.6 is 0 Å². The number of amides is 1. The normalized spacial score (nSPS) is 15.0. The molecule has 1 saturated heterocycles. The number of ether oxygens (including phenoxy) is 2. The maximum atomic E-state index is 14.3. The van der Waals surface area contributed by atoms with E-state index in [0.717, 1.165) is 5.69 Å². The predicted octanol–water partition coefficient (Wildman–Crippen LogP) is 2.99. The maximum absolute atomic E-state index is 14.3. The molecule has 0 unspecified atom stereocenters. The minimum Gasteiger partial charge on any atom is -0.466 e. The number of hydrogen-bond acceptors (Lipinski definition) is 5. The molecule has 0 saturated carbocycles. The Bertz CT molecular complexity index is 649. The van der Waals surface area contributed by atoms with Gasteiger partial charge in [-0.15, -0.1) is 0 Å². The quantitative estimate of drug-likeness (QED) is 0.767. The number of anilines is 1. The van der Waals surface area contributed by atoms with E-state index in [1.807, 2.05) is 25.7 Å². The van der Waals surface area contributed by atoms with E-state index in [-0.39, 0.29) is 19.1 Å². The summed E-state index contributed by atoms with van der Waals surface area (Å²) in [5.41, 5.74) is 0.532. The number of piperazine rings is 1. The van der Waals surface area contributed by atoms with Crippen molar-refractivity contribution in [3.8, 4) is 0 Å². The third-order valence-corrected chi connectivity index (χ3v) is 3.97. The van der Waals surface area contributed by atoms with Gasteiger partial charge in [0.05, 0.1) is 13.0 Å². The number of hydrogen-bond donors (Lipinski definition) is 0. The van der Waals surface area contributed by atoms with Crippen LogP contribution in [0.2, 0.25) is 0 Å². The molecule has 1 amide bonds. The van der Waals surface area contributed by atoms with Crippen LogP contribution in [0.4, 0.5) is 14.9 Å². The standard InChI is InChI=1S/C19H27FN2O4/c1-5-25-17(23)12-14-6-7-15(13-16(14)20)21-8-10-22(11-9-21)18(24)26-19(2,3)4/h6-7,13H,5,8-12H2,1-4H3. The fourth-order valence-electron chi connectivity index (χ4n) is 2.72. The van der Waals surface area contributed by atoms with E-state index in [1.165, 1.54) is 6.07 Å². The maximum Gasteiger partial charge on any atom is 0.410 e. The number of benzene rings is 1. The van der Waals surface area contributed by atoms with E-state index >= 15 is 0 Å². The number of carbonyl (C=O) groups is 2. The molecule has 0 atom stereocenters. The Morgan fingerprint density at radius 3 is 2.35 bits per heavy atom. The molecule has 0 radical (unpaired) electrons. The lowest BCUT2D eigenvalue weighted by Gasteiger charge is -2.36. The Kier molecular flexibility index (Phi) is 6.45. The summed E-state index contributed by atoms with van der Waals surface area (Å²) in [6.45, 7) is 9.72. The van der Waals surface area contributed by atoms with Gasteiger partial charge >= 0.3 is 12.1 Å². The topological polar surface area (TPSA) is 59.1 Å². The first-order chi connectivity index (χ1) is 12.2.